The predicted molar refractivity (Wildman–Crippen MR) is 70.4 cm³/mol. The number of hydrogen-bond donors (Lipinski definition) is 1. The fraction of sp³-hybridized carbons (Fsp3) is 0.429. The zero-order valence-electron chi connectivity index (χ0n) is 10.7. The highest BCUT2D eigenvalue weighted by Crippen LogP contribution is 2.17. The van der Waals surface area contributed by atoms with Crippen LogP contribution in [0.15, 0.2) is 34.7 Å². The number of nitrogens with one attached hydrogen (secondary N) is 1. The fourth-order valence-corrected chi connectivity index (χ4v) is 2.16. The van der Waals surface area contributed by atoms with Crippen molar-refractivity contribution in [2.45, 2.75) is 25.4 Å². The molecule has 0 amide bonds. The van der Waals surface area contributed by atoms with Crippen LogP contribution in [-0.2, 0) is 11.3 Å². The maximum Gasteiger partial charge on any atom is 0.247 e. The lowest BCUT2D eigenvalue weighted by Crippen LogP contribution is -2.36. The van der Waals surface area contributed by atoms with Gasteiger partial charge in [-0.2, -0.15) is 0 Å². The highest BCUT2D eigenvalue weighted by atomic mass is 16.5. The van der Waals surface area contributed by atoms with E-state index in [1.54, 1.807) is 0 Å². The largest absolute Gasteiger partial charge is 0.419 e. The summed E-state index contributed by atoms with van der Waals surface area (Å²) in [7, 11) is 0. The Kier molecular flexibility index (Phi) is 3.86. The summed E-state index contributed by atoms with van der Waals surface area (Å²) < 4.78 is 11.1. The van der Waals surface area contributed by atoms with Crippen LogP contribution in [0.25, 0.3) is 11.5 Å². The summed E-state index contributed by atoms with van der Waals surface area (Å²) in [5.74, 6) is 1.18. The molecule has 0 unspecified atom stereocenters. The van der Waals surface area contributed by atoms with E-state index in [2.05, 4.69) is 15.5 Å². The lowest BCUT2D eigenvalue weighted by molar-refractivity contribution is 0.0692. The van der Waals surface area contributed by atoms with Crippen molar-refractivity contribution < 1.29 is 9.15 Å². The van der Waals surface area contributed by atoms with Gasteiger partial charge < -0.3 is 14.5 Å². The summed E-state index contributed by atoms with van der Waals surface area (Å²) in [6, 6.07) is 10.2. The first-order valence-corrected chi connectivity index (χ1v) is 6.61. The summed E-state index contributed by atoms with van der Waals surface area (Å²) in [6.45, 7) is 2.23. The van der Waals surface area contributed by atoms with Crippen LogP contribution in [0.4, 0.5) is 0 Å². The third-order valence-corrected chi connectivity index (χ3v) is 3.19. The van der Waals surface area contributed by atoms with Gasteiger partial charge in [-0.15, -0.1) is 10.2 Å². The predicted octanol–water partition coefficient (Wildman–Crippen LogP) is 2.01. The summed E-state index contributed by atoms with van der Waals surface area (Å²) in [4.78, 5) is 0. The molecule has 5 nitrogen and oxygen atoms in total. The number of hydrogen-bond acceptors (Lipinski definition) is 5. The average Bonchev–Trinajstić information content (AvgIpc) is 2.96. The maximum atomic E-state index is 5.64. The Labute approximate surface area is 112 Å². The molecule has 5 heteroatoms. The van der Waals surface area contributed by atoms with Gasteiger partial charge in [-0.25, -0.2) is 0 Å². The van der Waals surface area contributed by atoms with Crippen molar-refractivity contribution in [1.82, 2.24) is 15.5 Å². The van der Waals surface area contributed by atoms with Crippen molar-refractivity contribution >= 4 is 0 Å². The summed E-state index contributed by atoms with van der Waals surface area (Å²) >= 11 is 0. The number of benzene rings is 1. The molecule has 2 aromatic rings. The average molecular weight is 259 g/mol. The van der Waals surface area contributed by atoms with E-state index in [-0.39, 0.29) is 0 Å². The van der Waals surface area contributed by atoms with Crippen LogP contribution in [0, 0.1) is 0 Å². The Morgan fingerprint density at radius 3 is 2.89 bits per heavy atom. The second-order valence-corrected chi connectivity index (χ2v) is 4.66. The van der Waals surface area contributed by atoms with Crippen molar-refractivity contribution in [1.29, 1.82) is 0 Å². The van der Waals surface area contributed by atoms with Gasteiger partial charge in [0.05, 0.1) is 13.2 Å². The second-order valence-electron chi connectivity index (χ2n) is 4.66. The normalized spacial score (nSPS) is 19.5. The zero-order valence-corrected chi connectivity index (χ0v) is 10.7. The molecule has 100 valence electrons. The van der Waals surface area contributed by atoms with Crippen LogP contribution >= 0.6 is 0 Å². The smallest absolute Gasteiger partial charge is 0.247 e. The quantitative estimate of drug-likeness (QED) is 0.910. The van der Waals surface area contributed by atoms with Gasteiger partial charge in [0, 0.05) is 18.2 Å². The molecule has 0 aliphatic carbocycles. The van der Waals surface area contributed by atoms with E-state index < -0.39 is 0 Å². The molecule has 1 atom stereocenters. The molecule has 0 spiro atoms. The van der Waals surface area contributed by atoms with Crippen LogP contribution < -0.4 is 5.32 Å². The molecule has 19 heavy (non-hydrogen) atoms. The third-order valence-electron chi connectivity index (χ3n) is 3.19. The van der Waals surface area contributed by atoms with Crippen LogP contribution in [0.2, 0.25) is 0 Å². The van der Waals surface area contributed by atoms with Crippen molar-refractivity contribution in [2.75, 3.05) is 13.2 Å². The van der Waals surface area contributed by atoms with Gasteiger partial charge in [0.25, 0.3) is 0 Å². The first kappa shape index (κ1) is 12.3. The van der Waals surface area contributed by atoms with Gasteiger partial charge in [0.1, 0.15) is 0 Å². The van der Waals surface area contributed by atoms with Crippen molar-refractivity contribution in [3.8, 4) is 11.5 Å². The zero-order chi connectivity index (χ0) is 12.9. The highest BCUT2D eigenvalue weighted by molar-refractivity contribution is 5.51. The molecule has 3 rings (SSSR count). The minimum absolute atomic E-state index is 0.390. The Balaban J connectivity index is 1.59. The Bertz CT molecular complexity index is 506. The van der Waals surface area contributed by atoms with E-state index in [4.69, 9.17) is 9.15 Å². The van der Waals surface area contributed by atoms with Gasteiger partial charge in [0.2, 0.25) is 11.8 Å². The number of rotatable bonds is 4. The SMILES string of the molecule is c1ccc(-c2nnc(CN[C@H]3CCCOC3)o2)cc1. The first-order chi connectivity index (χ1) is 9.42. The number of aromatic nitrogens is 2. The molecule has 1 aliphatic rings. The van der Waals surface area contributed by atoms with E-state index in [0.717, 1.165) is 31.6 Å². The molecule has 1 aromatic heterocycles. The van der Waals surface area contributed by atoms with E-state index in [1.807, 2.05) is 30.3 Å². The van der Waals surface area contributed by atoms with Gasteiger partial charge >= 0.3 is 0 Å². The summed E-state index contributed by atoms with van der Waals surface area (Å²) in [5.41, 5.74) is 0.947. The molecular formula is C14H17N3O2. The molecule has 1 aromatic carbocycles. The Morgan fingerprint density at radius 1 is 1.21 bits per heavy atom. The van der Waals surface area contributed by atoms with Gasteiger partial charge in [-0.1, -0.05) is 18.2 Å². The summed E-state index contributed by atoms with van der Waals surface area (Å²) in [6.07, 6.45) is 2.25. The molecule has 1 N–H and O–H groups in total. The van der Waals surface area contributed by atoms with Crippen molar-refractivity contribution in [2.24, 2.45) is 0 Å². The standard InChI is InChI=1S/C14H17N3O2/c1-2-5-11(6-3-1)14-17-16-13(19-14)9-15-12-7-4-8-18-10-12/h1-3,5-6,12,15H,4,7-10H2/t12-/m0/s1. The molecule has 1 fully saturated rings. The van der Waals surface area contributed by atoms with E-state index in [1.165, 1.54) is 0 Å². The molecular weight excluding hydrogens is 242 g/mol. The molecule has 0 bridgehead atoms. The number of nitrogens with zero attached hydrogens (tertiary/aromatic N) is 2. The van der Waals surface area contributed by atoms with Crippen molar-refractivity contribution in [3.63, 3.8) is 0 Å². The van der Waals surface area contributed by atoms with Crippen LogP contribution in [-0.4, -0.2) is 29.5 Å². The lowest BCUT2D eigenvalue weighted by Gasteiger charge is -2.22. The molecule has 0 radical (unpaired) electrons. The Morgan fingerprint density at radius 2 is 2.11 bits per heavy atom. The van der Waals surface area contributed by atoms with Gasteiger partial charge in [0.15, 0.2) is 0 Å². The van der Waals surface area contributed by atoms with Crippen LogP contribution in [0.5, 0.6) is 0 Å². The van der Waals surface area contributed by atoms with E-state index in [0.29, 0.717) is 24.4 Å². The fourth-order valence-electron chi connectivity index (χ4n) is 2.16. The molecule has 1 saturated heterocycles. The summed E-state index contributed by atoms with van der Waals surface area (Å²) in [5, 5.41) is 11.5. The maximum absolute atomic E-state index is 5.64. The topological polar surface area (TPSA) is 60.2 Å². The molecule has 1 aliphatic heterocycles. The van der Waals surface area contributed by atoms with E-state index >= 15 is 0 Å². The third kappa shape index (κ3) is 3.19. The minimum atomic E-state index is 0.390. The monoisotopic (exact) mass is 259 g/mol. The van der Waals surface area contributed by atoms with Crippen LogP contribution in [0.3, 0.4) is 0 Å². The van der Waals surface area contributed by atoms with Crippen molar-refractivity contribution in [3.05, 3.63) is 36.2 Å². The highest BCUT2D eigenvalue weighted by Gasteiger charge is 2.14. The molecule has 0 saturated carbocycles. The van der Waals surface area contributed by atoms with Crippen LogP contribution in [0.1, 0.15) is 18.7 Å². The number of ether oxygens (including phenoxy) is 1. The van der Waals surface area contributed by atoms with Gasteiger partial charge in [-0.05, 0) is 25.0 Å². The van der Waals surface area contributed by atoms with Gasteiger partial charge in [-0.3, -0.25) is 0 Å². The van der Waals surface area contributed by atoms with E-state index in [9.17, 15) is 0 Å². The Hall–Kier alpha value is -1.72. The first-order valence-electron chi connectivity index (χ1n) is 6.61. The molecule has 2 heterocycles. The second kappa shape index (κ2) is 5.95. The minimum Gasteiger partial charge on any atom is -0.419 e. The lowest BCUT2D eigenvalue weighted by atomic mass is 10.1.